The zero-order valence-corrected chi connectivity index (χ0v) is 11.5. The summed E-state index contributed by atoms with van der Waals surface area (Å²) in [5.41, 5.74) is 2.44. The van der Waals surface area contributed by atoms with Gasteiger partial charge in [0.25, 0.3) is 0 Å². The van der Waals surface area contributed by atoms with E-state index in [9.17, 15) is 0 Å². The first-order valence-corrected chi connectivity index (χ1v) is 7.41. The van der Waals surface area contributed by atoms with Crippen molar-refractivity contribution in [2.75, 3.05) is 0 Å². The van der Waals surface area contributed by atoms with Crippen molar-refractivity contribution in [1.29, 1.82) is 0 Å². The van der Waals surface area contributed by atoms with Crippen LogP contribution in [0, 0.1) is 0 Å². The molecule has 0 spiro atoms. The maximum absolute atomic E-state index is 4.66. The van der Waals surface area contributed by atoms with Crippen LogP contribution in [-0.2, 0) is 0 Å². The number of para-hydroxylation sites is 2. The fourth-order valence-electron chi connectivity index (χ4n) is 2.47. The lowest BCUT2D eigenvalue weighted by Gasteiger charge is -2.00. The molecule has 0 atom stereocenters. The molecule has 0 aromatic heterocycles. The van der Waals surface area contributed by atoms with Crippen LogP contribution in [0.4, 0.5) is 11.4 Å². The van der Waals surface area contributed by atoms with Crippen LogP contribution in [0.15, 0.2) is 29.3 Å². The SMILES string of the molecule is CCCCCCCCCC1=Nc2ccccc2[NH2+]1. The van der Waals surface area contributed by atoms with Gasteiger partial charge in [-0.2, -0.15) is 4.99 Å². The van der Waals surface area contributed by atoms with Crippen LogP contribution in [0.3, 0.4) is 0 Å². The predicted molar refractivity (Wildman–Crippen MR) is 77.7 cm³/mol. The van der Waals surface area contributed by atoms with Crippen molar-refractivity contribution in [3.8, 4) is 0 Å². The second kappa shape index (κ2) is 7.32. The Balaban J connectivity index is 1.59. The summed E-state index contributed by atoms with van der Waals surface area (Å²) in [5, 5.41) is 2.24. The van der Waals surface area contributed by atoms with Gasteiger partial charge < -0.3 is 0 Å². The molecule has 2 heteroatoms. The van der Waals surface area contributed by atoms with Gasteiger partial charge in [-0.15, -0.1) is 0 Å². The molecule has 1 aliphatic rings. The molecule has 0 radical (unpaired) electrons. The van der Waals surface area contributed by atoms with Crippen LogP contribution in [-0.4, -0.2) is 5.84 Å². The van der Waals surface area contributed by atoms with Crippen LogP contribution >= 0.6 is 0 Å². The van der Waals surface area contributed by atoms with Crippen LogP contribution < -0.4 is 5.32 Å². The molecule has 1 aromatic rings. The molecule has 0 bridgehead atoms. The minimum atomic E-state index is 1.14. The van der Waals surface area contributed by atoms with Crippen molar-refractivity contribution in [2.45, 2.75) is 58.3 Å². The van der Waals surface area contributed by atoms with Crippen molar-refractivity contribution in [3.05, 3.63) is 24.3 Å². The van der Waals surface area contributed by atoms with E-state index in [0.29, 0.717) is 0 Å². The zero-order chi connectivity index (χ0) is 12.6. The number of nitrogens with zero attached hydrogens (tertiary/aromatic N) is 1. The molecule has 0 saturated carbocycles. The molecular weight excluding hydrogens is 220 g/mol. The highest BCUT2D eigenvalue weighted by Crippen LogP contribution is 2.23. The number of nitrogens with two attached hydrogens (primary N) is 1. The first-order chi connectivity index (χ1) is 8.90. The van der Waals surface area contributed by atoms with E-state index in [0.717, 1.165) is 12.1 Å². The van der Waals surface area contributed by atoms with Crippen molar-refractivity contribution >= 4 is 17.2 Å². The molecule has 18 heavy (non-hydrogen) atoms. The van der Waals surface area contributed by atoms with Gasteiger partial charge in [0.1, 0.15) is 5.69 Å². The topological polar surface area (TPSA) is 29.0 Å². The largest absolute Gasteiger partial charge is 0.267 e. The average molecular weight is 245 g/mol. The monoisotopic (exact) mass is 245 g/mol. The number of hydrogen-bond donors (Lipinski definition) is 1. The number of rotatable bonds is 8. The van der Waals surface area contributed by atoms with E-state index >= 15 is 0 Å². The Morgan fingerprint density at radius 2 is 1.67 bits per heavy atom. The molecule has 0 fully saturated rings. The molecule has 0 aliphatic carbocycles. The highest BCUT2D eigenvalue weighted by atomic mass is 15.1. The summed E-state index contributed by atoms with van der Waals surface area (Å²) < 4.78 is 0. The molecule has 0 unspecified atom stereocenters. The van der Waals surface area contributed by atoms with Gasteiger partial charge in [0, 0.05) is 12.5 Å². The smallest absolute Gasteiger partial charge is 0.205 e. The normalized spacial score (nSPS) is 13.5. The van der Waals surface area contributed by atoms with Crippen LogP contribution in [0.1, 0.15) is 58.3 Å². The third kappa shape index (κ3) is 3.95. The fraction of sp³-hybridized carbons (Fsp3) is 0.562. The molecule has 2 rings (SSSR count). The van der Waals surface area contributed by atoms with E-state index in [1.54, 1.807) is 0 Å². The van der Waals surface area contributed by atoms with Gasteiger partial charge in [0.15, 0.2) is 5.69 Å². The molecule has 0 saturated heterocycles. The Morgan fingerprint density at radius 1 is 0.944 bits per heavy atom. The number of hydrogen-bond acceptors (Lipinski definition) is 1. The molecule has 98 valence electrons. The molecule has 2 N–H and O–H groups in total. The lowest BCUT2D eigenvalue weighted by molar-refractivity contribution is -0.441. The number of fused-ring (bicyclic) bond motifs is 1. The Kier molecular flexibility index (Phi) is 5.40. The number of benzene rings is 1. The van der Waals surface area contributed by atoms with Gasteiger partial charge >= 0.3 is 0 Å². The Morgan fingerprint density at radius 3 is 2.44 bits per heavy atom. The van der Waals surface area contributed by atoms with Gasteiger partial charge in [-0.1, -0.05) is 57.6 Å². The van der Waals surface area contributed by atoms with E-state index in [1.165, 1.54) is 56.5 Å². The molecule has 1 aliphatic heterocycles. The minimum absolute atomic E-state index is 1.14. The lowest BCUT2D eigenvalue weighted by atomic mass is 10.1. The van der Waals surface area contributed by atoms with E-state index in [1.807, 2.05) is 0 Å². The predicted octanol–water partition coefficient (Wildman–Crippen LogP) is 4.07. The Hall–Kier alpha value is -1.15. The number of aliphatic imine (C=N–C) groups is 1. The van der Waals surface area contributed by atoms with E-state index in [4.69, 9.17) is 0 Å². The average Bonchev–Trinajstić information content (AvgIpc) is 2.80. The van der Waals surface area contributed by atoms with Crippen molar-refractivity contribution in [3.63, 3.8) is 0 Å². The van der Waals surface area contributed by atoms with Gasteiger partial charge in [-0.25, -0.2) is 0 Å². The van der Waals surface area contributed by atoms with Crippen LogP contribution in [0.2, 0.25) is 0 Å². The second-order valence-corrected chi connectivity index (χ2v) is 5.18. The van der Waals surface area contributed by atoms with Crippen molar-refractivity contribution < 1.29 is 5.32 Å². The molecular formula is C16H25N2+. The van der Waals surface area contributed by atoms with E-state index < -0.39 is 0 Å². The first kappa shape index (κ1) is 13.3. The van der Waals surface area contributed by atoms with E-state index in [-0.39, 0.29) is 0 Å². The molecule has 2 nitrogen and oxygen atoms in total. The third-order valence-corrected chi connectivity index (χ3v) is 3.56. The van der Waals surface area contributed by atoms with Gasteiger partial charge in [0.2, 0.25) is 5.84 Å². The van der Waals surface area contributed by atoms with Crippen LogP contribution in [0.5, 0.6) is 0 Å². The molecule has 1 heterocycles. The minimum Gasteiger partial charge on any atom is -0.267 e. The fourth-order valence-corrected chi connectivity index (χ4v) is 2.47. The highest BCUT2D eigenvalue weighted by Gasteiger charge is 2.17. The summed E-state index contributed by atoms with van der Waals surface area (Å²) >= 11 is 0. The molecule has 1 aromatic carbocycles. The number of unbranched alkanes of at least 4 members (excludes halogenated alkanes) is 6. The van der Waals surface area contributed by atoms with Gasteiger partial charge in [-0.05, 0) is 12.5 Å². The summed E-state index contributed by atoms with van der Waals surface area (Å²) in [7, 11) is 0. The van der Waals surface area contributed by atoms with Crippen LogP contribution in [0.25, 0.3) is 0 Å². The number of quaternary nitrogens is 1. The summed E-state index contributed by atoms with van der Waals surface area (Å²) in [6.07, 6.45) is 10.7. The van der Waals surface area contributed by atoms with Crippen molar-refractivity contribution in [1.82, 2.24) is 0 Å². The lowest BCUT2D eigenvalue weighted by Crippen LogP contribution is -2.80. The van der Waals surface area contributed by atoms with Gasteiger partial charge in [-0.3, -0.25) is 5.32 Å². The molecule has 0 amide bonds. The number of amidine groups is 1. The summed E-state index contributed by atoms with van der Waals surface area (Å²) in [6.45, 7) is 2.27. The third-order valence-electron chi connectivity index (χ3n) is 3.56. The quantitative estimate of drug-likeness (QED) is 0.528. The van der Waals surface area contributed by atoms with E-state index in [2.05, 4.69) is 41.5 Å². The maximum atomic E-state index is 4.66. The standard InChI is InChI=1S/C16H24N2/c1-2-3-4-5-6-7-8-13-16-17-14-11-9-10-12-15(14)18-16/h9-12H,2-8,13H2,1H3,(H,17,18)/p+1. The Bertz CT molecular complexity index is 396. The highest BCUT2D eigenvalue weighted by molar-refractivity contribution is 5.84. The first-order valence-electron chi connectivity index (χ1n) is 7.41. The summed E-state index contributed by atoms with van der Waals surface area (Å²) in [6, 6.07) is 8.40. The van der Waals surface area contributed by atoms with Crippen molar-refractivity contribution in [2.24, 2.45) is 4.99 Å². The second-order valence-electron chi connectivity index (χ2n) is 5.18. The Labute approximate surface area is 111 Å². The summed E-state index contributed by atoms with van der Waals surface area (Å²) in [5.74, 6) is 1.27. The zero-order valence-electron chi connectivity index (χ0n) is 11.5. The summed E-state index contributed by atoms with van der Waals surface area (Å²) in [4.78, 5) is 4.66. The van der Waals surface area contributed by atoms with Gasteiger partial charge in [0.05, 0.1) is 0 Å². The maximum Gasteiger partial charge on any atom is 0.205 e.